The molecule has 0 unspecified atom stereocenters. The molecule has 2 atom stereocenters. The molecule has 1 N–H and O–H groups in total. The Kier molecular flexibility index (Phi) is 4.59. The molecule has 21 heavy (non-hydrogen) atoms. The zero-order chi connectivity index (χ0) is 15.6. The largest absolute Gasteiger partial charge is 0.352 e. The summed E-state index contributed by atoms with van der Waals surface area (Å²) in [7, 11) is 0. The van der Waals surface area contributed by atoms with Crippen LogP contribution in [-0.4, -0.2) is 52.7 Å². The first kappa shape index (κ1) is 15.5. The van der Waals surface area contributed by atoms with Crippen molar-refractivity contribution in [1.82, 2.24) is 15.1 Å². The van der Waals surface area contributed by atoms with Gasteiger partial charge in [-0.05, 0) is 25.7 Å². The number of hydrogen-bond acceptors (Lipinski definition) is 4. The van der Waals surface area contributed by atoms with Crippen molar-refractivity contribution in [3.8, 4) is 0 Å². The second-order valence-corrected chi connectivity index (χ2v) is 5.66. The van der Waals surface area contributed by atoms with Gasteiger partial charge < -0.3 is 5.32 Å². The van der Waals surface area contributed by atoms with Crippen LogP contribution in [0.2, 0.25) is 0 Å². The molecular weight excluding hydrogens is 274 g/mol. The van der Waals surface area contributed by atoms with Crippen LogP contribution in [0.3, 0.4) is 0 Å². The summed E-state index contributed by atoms with van der Waals surface area (Å²) in [5.41, 5.74) is 0. The maximum atomic E-state index is 12.0. The van der Waals surface area contributed by atoms with Crippen LogP contribution in [0.4, 0.5) is 4.79 Å². The molecule has 1 aliphatic heterocycles. The summed E-state index contributed by atoms with van der Waals surface area (Å²) in [6.45, 7) is 3.43. The van der Waals surface area contributed by atoms with Crippen molar-refractivity contribution in [2.75, 3.05) is 13.1 Å². The van der Waals surface area contributed by atoms with Gasteiger partial charge in [0.05, 0.1) is 0 Å². The van der Waals surface area contributed by atoms with E-state index in [1.807, 2.05) is 0 Å². The van der Waals surface area contributed by atoms with E-state index < -0.39 is 17.8 Å². The number of carbonyl (C=O) groups excluding carboxylic acids is 4. The highest BCUT2D eigenvalue weighted by molar-refractivity contribution is 6.45. The number of imide groups is 2. The second kappa shape index (κ2) is 6.24. The monoisotopic (exact) mass is 295 g/mol. The molecule has 1 heterocycles. The lowest BCUT2D eigenvalue weighted by Gasteiger charge is -2.29. The van der Waals surface area contributed by atoms with E-state index in [0.717, 1.165) is 30.6 Å². The van der Waals surface area contributed by atoms with Crippen molar-refractivity contribution in [2.45, 2.75) is 45.6 Å². The fourth-order valence-electron chi connectivity index (χ4n) is 2.90. The molecule has 7 nitrogen and oxygen atoms in total. The Morgan fingerprint density at radius 3 is 2.33 bits per heavy atom. The van der Waals surface area contributed by atoms with E-state index in [1.54, 1.807) is 6.92 Å². The van der Waals surface area contributed by atoms with Crippen molar-refractivity contribution < 1.29 is 19.2 Å². The number of hydrogen-bond donors (Lipinski definition) is 1. The van der Waals surface area contributed by atoms with Crippen LogP contribution < -0.4 is 5.32 Å². The summed E-state index contributed by atoms with van der Waals surface area (Å²) in [6, 6.07) is -0.628. The summed E-state index contributed by atoms with van der Waals surface area (Å²) in [4.78, 5) is 48.7. The molecule has 5 amide bonds. The first-order chi connectivity index (χ1) is 9.95. The number of amides is 5. The molecule has 0 aromatic heterocycles. The normalized spacial score (nSPS) is 26.5. The fraction of sp³-hybridized carbons (Fsp3) is 0.714. The minimum absolute atomic E-state index is 0.0806. The van der Waals surface area contributed by atoms with E-state index in [9.17, 15) is 19.2 Å². The zero-order valence-electron chi connectivity index (χ0n) is 12.4. The Labute approximate surface area is 123 Å². The smallest absolute Gasteiger partial charge is 0.334 e. The highest BCUT2D eigenvalue weighted by Gasteiger charge is 2.44. The Bertz CT molecular complexity index is 477. The van der Waals surface area contributed by atoms with Gasteiger partial charge >= 0.3 is 17.8 Å². The number of nitrogens with zero attached hydrogens (tertiary/aromatic N) is 2. The van der Waals surface area contributed by atoms with Crippen LogP contribution in [-0.2, 0) is 14.4 Å². The van der Waals surface area contributed by atoms with Crippen molar-refractivity contribution in [3.63, 3.8) is 0 Å². The van der Waals surface area contributed by atoms with Gasteiger partial charge in [0.15, 0.2) is 0 Å². The van der Waals surface area contributed by atoms with Gasteiger partial charge in [-0.25, -0.2) is 9.69 Å². The summed E-state index contributed by atoms with van der Waals surface area (Å²) < 4.78 is 0. The van der Waals surface area contributed by atoms with Gasteiger partial charge in [-0.15, -0.1) is 0 Å². The highest BCUT2D eigenvalue weighted by Crippen LogP contribution is 2.23. The summed E-state index contributed by atoms with van der Waals surface area (Å²) >= 11 is 0. The number of urea groups is 1. The van der Waals surface area contributed by atoms with Crippen LogP contribution in [0.1, 0.15) is 39.5 Å². The van der Waals surface area contributed by atoms with Crippen molar-refractivity contribution in [3.05, 3.63) is 0 Å². The summed E-state index contributed by atoms with van der Waals surface area (Å²) in [5, 5.41) is 2.87. The quantitative estimate of drug-likeness (QED) is 0.604. The minimum Gasteiger partial charge on any atom is -0.352 e. The Balaban J connectivity index is 1.95. The molecule has 0 bridgehead atoms. The number of carbonyl (C=O) groups is 4. The Hall–Kier alpha value is -1.92. The Morgan fingerprint density at radius 2 is 1.76 bits per heavy atom. The molecule has 2 fully saturated rings. The molecule has 0 spiro atoms. The highest BCUT2D eigenvalue weighted by atomic mass is 16.2. The zero-order valence-corrected chi connectivity index (χ0v) is 12.4. The third kappa shape index (κ3) is 3.06. The third-order valence-corrected chi connectivity index (χ3v) is 4.21. The number of rotatable bonds is 4. The average Bonchev–Trinajstić information content (AvgIpc) is 2.65. The molecule has 1 saturated carbocycles. The second-order valence-electron chi connectivity index (χ2n) is 5.66. The minimum atomic E-state index is -0.923. The van der Waals surface area contributed by atoms with E-state index in [0.29, 0.717) is 10.8 Å². The van der Waals surface area contributed by atoms with Crippen LogP contribution in [0, 0.1) is 5.92 Å². The van der Waals surface area contributed by atoms with Crippen LogP contribution in [0.25, 0.3) is 0 Å². The standard InChI is InChI=1S/C14H21N3O4/c1-3-16-12(19)13(20)17(14(16)21)8-11(18)15-10-7-5-4-6-9(10)2/h9-10H,3-8H2,1-2H3,(H,15,18)/t9-,10-/m1/s1. The van der Waals surface area contributed by atoms with Gasteiger partial charge in [-0.3, -0.25) is 19.3 Å². The summed E-state index contributed by atoms with van der Waals surface area (Å²) in [5.74, 6) is -1.78. The van der Waals surface area contributed by atoms with Crippen LogP contribution >= 0.6 is 0 Å². The van der Waals surface area contributed by atoms with Gasteiger partial charge in [-0.1, -0.05) is 19.8 Å². The SMILES string of the molecule is CCN1C(=O)C(=O)N(CC(=O)N[C@@H]2CCCC[C@H]2C)C1=O. The first-order valence-electron chi connectivity index (χ1n) is 7.42. The van der Waals surface area contributed by atoms with E-state index in [2.05, 4.69) is 12.2 Å². The van der Waals surface area contributed by atoms with Crippen LogP contribution in [0.5, 0.6) is 0 Å². The van der Waals surface area contributed by atoms with Gasteiger partial charge in [0.2, 0.25) is 5.91 Å². The van der Waals surface area contributed by atoms with Crippen molar-refractivity contribution >= 4 is 23.8 Å². The molecule has 2 aliphatic rings. The van der Waals surface area contributed by atoms with Gasteiger partial charge in [-0.2, -0.15) is 0 Å². The molecule has 0 radical (unpaired) electrons. The molecular formula is C14H21N3O4. The lowest BCUT2D eigenvalue weighted by atomic mass is 9.86. The number of likely N-dealkylation sites (N-methyl/N-ethyl adjacent to an activating group) is 1. The molecule has 0 aromatic carbocycles. The lowest BCUT2D eigenvalue weighted by molar-refractivity contribution is -0.144. The van der Waals surface area contributed by atoms with Gasteiger partial charge in [0.25, 0.3) is 0 Å². The maximum Gasteiger partial charge on any atom is 0.334 e. The lowest BCUT2D eigenvalue weighted by Crippen LogP contribution is -2.47. The summed E-state index contributed by atoms with van der Waals surface area (Å²) in [6.07, 6.45) is 4.21. The van der Waals surface area contributed by atoms with Crippen molar-refractivity contribution in [2.24, 2.45) is 5.92 Å². The van der Waals surface area contributed by atoms with Gasteiger partial charge in [0.1, 0.15) is 6.54 Å². The molecule has 1 saturated heterocycles. The van der Waals surface area contributed by atoms with E-state index in [4.69, 9.17) is 0 Å². The number of nitrogens with one attached hydrogen (secondary N) is 1. The molecule has 1 aliphatic carbocycles. The maximum absolute atomic E-state index is 12.0. The molecule has 7 heteroatoms. The average molecular weight is 295 g/mol. The van der Waals surface area contributed by atoms with E-state index >= 15 is 0 Å². The molecule has 116 valence electrons. The van der Waals surface area contributed by atoms with Crippen molar-refractivity contribution in [1.29, 1.82) is 0 Å². The molecule has 2 rings (SSSR count). The fourth-order valence-corrected chi connectivity index (χ4v) is 2.90. The predicted molar refractivity (Wildman–Crippen MR) is 74.1 cm³/mol. The van der Waals surface area contributed by atoms with Gasteiger partial charge in [0, 0.05) is 12.6 Å². The molecule has 0 aromatic rings. The predicted octanol–water partition coefficient (Wildman–Crippen LogP) is 0.492. The Morgan fingerprint density at radius 1 is 1.14 bits per heavy atom. The first-order valence-corrected chi connectivity index (χ1v) is 7.42. The topological polar surface area (TPSA) is 86.8 Å². The van der Waals surface area contributed by atoms with Crippen LogP contribution in [0.15, 0.2) is 0 Å². The van der Waals surface area contributed by atoms with E-state index in [1.165, 1.54) is 0 Å². The van der Waals surface area contributed by atoms with E-state index in [-0.39, 0.29) is 25.0 Å². The third-order valence-electron chi connectivity index (χ3n) is 4.21.